The summed E-state index contributed by atoms with van der Waals surface area (Å²) in [6, 6.07) is 10.6. The molecule has 0 aromatic heterocycles. The maximum atomic E-state index is 13.9. The summed E-state index contributed by atoms with van der Waals surface area (Å²) in [7, 11) is 3.56. The summed E-state index contributed by atoms with van der Waals surface area (Å²) >= 11 is 0. The van der Waals surface area contributed by atoms with Gasteiger partial charge in [0.2, 0.25) is 5.91 Å². The molecule has 2 unspecified atom stereocenters. The highest BCUT2D eigenvalue weighted by Gasteiger charge is 2.66. The number of benzene rings is 2. The zero-order chi connectivity index (χ0) is 29.1. The van der Waals surface area contributed by atoms with Gasteiger partial charge in [-0.1, -0.05) is 12.1 Å². The van der Waals surface area contributed by atoms with Gasteiger partial charge in [-0.2, -0.15) is 5.26 Å². The molecule has 5 N–H and O–H groups in total. The Kier molecular flexibility index (Phi) is 6.46. The average Bonchev–Trinajstić information content (AvgIpc) is 2.90. The van der Waals surface area contributed by atoms with Crippen LogP contribution in [-0.2, 0) is 32.1 Å². The Bertz CT molecular complexity index is 1520. The van der Waals surface area contributed by atoms with E-state index in [4.69, 9.17) is 11.0 Å². The molecule has 11 heteroatoms. The normalized spacial score (nSPS) is 27.2. The fraction of sp³-hybridized carbons (Fsp3) is 0.379. The van der Waals surface area contributed by atoms with Crippen molar-refractivity contribution in [1.29, 1.82) is 5.26 Å². The summed E-state index contributed by atoms with van der Waals surface area (Å²) in [6.07, 6.45) is -0.147. The van der Waals surface area contributed by atoms with E-state index in [0.717, 1.165) is 5.56 Å². The number of primary amides is 1. The highest BCUT2D eigenvalue weighted by molar-refractivity contribution is 6.31. The molecule has 0 heterocycles. The van der Waals surface area contributed by atoms with Crippen LogP contribution in [0.3, 0.4) is 0 Å². The Balaban J connectivity index is 1.54. The quantitative estimate of drug-likeness (QED) is 0.310. The van der Waals surface area contributed by atoms with Crippen LogP contribution in [0.25, 0.3) is 0 Å². The predicted molar refractivity (Wildman–Crippen MR) is 141 cm³/mol. The maximum absolute atomic E-state index is 13.9. The molecule has 2 saturated carbocycles. The average molecular weight is 545 g/mol. The van der Waals surface area contributed by atoms with Crippen LogP contribution in [0.2, 0.25) is 0 Å². The number of phenols is 1. The molecule has 5 rings (SSSR count). The minimum Gasteiger partial charge on any atom is -0.505 e. The molecule has 3 aliphatic rings. The summed E-state index contributed by atoms with van der Waals surface area (Å²) in [5, 5.41) is 34.7. The molecule has 0 radical (unpaired) electrons. The van der Waals surface area contributed by atoms with Gasteiger partial charge in [0.25, 0.3) is 0 Å². The number of Topliss-reactive ketones (excluding diaryl/α,β-unsaturated/α-hetero) is 4. The standard InChI is InChI=1S/C29H28N4O7/c1-33(2)19-10-18(32-12-14-5-3-13(11-30)4-6-14)24(35)22-17(19)8-15-7-16-9-20(34)23(28(31)39)27(38)29(16,40)26(37)21(15)25(22)36/h3-6,10,15-16,21,23,32,35,40H,7-9,12H2,1-2H3,(H2,31,39)/t15-,16+,21?,23?,29+/m1/s1. The van der Waals surface area contributed by atoms with Gasteiger partial charge in [-0.05, 0) is 48.1 Å². The first-order valence-electron chi connectivity index (χ1n) is 12.9. The molecule has 0 saturated heterocycles. The zero-order valence-corrected chi connectivity index (χ0v) is 21.9. The van der Waals surface area contributed by atoms with Gasteiger partial charge in [-0.3, -0.25) is 24.0 Å². The van der Waals surface area contributed by atoms with E-state index in [9.17, 15) is 34.2 Å². The molecule has 2 fully saturated rings. The van der Waals surface area contributed by atoms with Gasteiger partial charge in [-0.25, -0.2) is 0 Å². The van der Waals surface area contributed by atoms with Gasteiger partial charge < -0.3 is 26.2 Å². The van der Waals surface area contributed by atoms with Crippen LogP contribution in [0.4, 0.5) is 11.4 Å². The first-order valence-corrected chi connectivity index (χ1v) is 12.9. The van der Waals surface area contributed by atoms with Crippen molar-refractivity contribution in [3.8, 4) is 11.8 Å². The number of anilines is 2. The fourth-order valence-corrected chi connectivity index (χ4v) is 6.44. The number of nitrogens with one attached hydrogen (secondary N) is 1. The number of rotatable bonds is 5. The molecule has 206 valence electrons. The number of hydrogen-bond acceptors (Lipinski definition) is 10. The monoisotopic (exact) mass is 544 g/mol. The third-order valence-corrected chi connectivity index (χ3v) is 8.43. The minimum absolute atomic E-state index is 0.0351. The Morgan fingerprint density at radius 2 is 1.82 bits per heavy atom. The fourth-order valence-electron chi connectivity index (χ4n) is 6.44. The molecule has 40 heavy (non-hydrogen) atoms. The van der Waals surface area contributed by atoms with Crippen molar-refractivity contribution in [2.24, 2.45) is 29.4 Å². The van der Waals surface area contributed by atoms with E-state index < -0.39 is 58.3 Å². The van der Waals surface area contributed by atoms with Crippen LogP contribution in [0.5, 0.6) is 5.75 Å². The molecule has 3 aliphatic carbocycles. The minimum atomic E-state index is -2.69. The number of ketones is 4. The van der Waals surface area contributed by atoms with Gasteiger partial charge in [-0.15, -0.1) is 0 Å². The SMILES string of the molecule is CN(C)c1cc(NCc2ccc(C#N)cc2)c(O)c2c1C[C@H]1C[C@H]3CC(=O)C(C(N)=O)C(=O)[C@@]3(O)C(=O)C1C2=O. The second-order valence-corrected chi connectivity index (χ2v) is 10.9. The van der Waals surface area contributed by atoms with Crippen molar-refractivity contribution < 1.29 is 34.2 Å². The molecule has 11 nitrogen and oxygen atoms in total. The number of nitrogens with zero attached hydrogens (tertiary/aromatic N) is 2. The van der Waals surface area contributed by atoms with Gasteiger partial charge in [0, 0.05) is 38.7 Å². The third kappa shape index (κ3) is 3.95. The van der Waals surface area contributed by atoms with Gasteiger partial charge in [0.1, 0.15) is 5.75 Å². The zero-order valence-electron chi connectivity index (χ0n) is 21.9. The predicted octanol–water partition coefficient (Wildman–Crippen LogP) is 0.877. The van der Waals surface area contributed by atoms with Crippen molar-refractivity contribution in [3.63, 3.8) is 0 Å². The number of hydrogen-bond donors (Lipinski definition) is 4. The van der Waals surface area contributed by atoms with Crippen LogP contribution in [0, 0.1) is 35.0 Å². The first kappa shape index (κ1) is 27.0. The Hall–Kier alpha value is -4.56. The number of nitriles is 1. The third-order valence-electron chi connectivity index (χ3n) is 8.43. The molecule has 2 aromatic carbocycles. The van der Waals surface area contributed by atoms with Crippen molar-refractivity contribution in [3.05, 3.63) is 52.6 Å². The first-order chi connectivity index (χ1) is 18.9. The number of carbonyl (C=O) groups excluding carboxylic acids is 5. The summed E-state index contributed by atoms with van der Waals surface area (Å²) in [6.45, 7) is 0.266. The molecule has 0 aliphatic heterocycles. The number of fused-ring (bicyclic) bond motifs is 3. The second kappa shape index (κ2) is 9.57. The van der Waals surface area contributed by atoms with Gasteiger partial charge in [0.15, 0.2) is 34.7 Å². The van der Waals surface area contributed by atoms with Crippen LogP contribution in [0.1, 0.15) is 39.9 Å². The smallest absolute Gasteiger partial charge is 0.235 e. The van der Waals surface area contributed by atoms with Crippen LogP contribution in [0.15, 0.2) is 30.3 Å². The molecular weight excluding hydrogens is 516 g/mol. The van der Waals surface area contributed by atoms with E-state index in [0.29, 0.717) is 16.8 Å². The van der Waals surface area contributed by atoms with Crippen LogP contribution < -0.4 is 16.0 Å². The molecule has 2 aromatic rings. The van der Waals surface area contributed by atoms with E-state index in [1.807, 2.05) is 6.07 Å². The van der Waals surface area contributed by atoms with Crippen molar-refractivity contribution >= 4 is 40.4 Å². The number of phenolic OH excluding ortho intramolecular Hbond substituents is 1. The van der Waals surface area contributed by atoms with Crippen LogP contribution >= 0.6 is 0 Å². The molecule has 0 spiro atoms. The van der Waals surface area contributed by atoms with Crippen LogP contribution in [-0.4, -0.2) is 58.9 Å². The number of nitrogens with two attached hydrogens (primary N) is 1. The van der Waals surface area contributed by atoms with E-state index >= 15 is 0 Å². The Morgan fingerprint density at radius 3 is 2.42 bits per heavy atom. The Labute approximate surface area is 229 Å². The van der Waals surface area contributed by atoms with E-state index in [1.54, 1.807) is 49.3 Å². The summed E-state index contributed by atoms with van der Waals surface area (Å²) in [5.41, 5.74) is 5.20. The summed E-state index contributed by atoms with van der Waals surface area (Å²) in [4.78, 5) is 66.9. The lowest BCUT2D eigenvalue weighted by Gasteiger charge is -2.48. The largest absolute Gasteiger partial charge is 0.505 e. The Morgan fingerprint density at radius 1 is 1.15 bits per heavy atom. The number of amides is 1. The number of aromatic hydroxyl groups is 1. The number of carbonyl (C=O) groups is 5. The highest BCUT2D eigenvalue weighted by atomic mass is 16.3. The van der Waals surface area contributed by atoms with Crippen molar-refractivity contribution in [2.75, 3.05) is 24.3 Å². The van der Waals surface area contributed by atoms with Crippen molar-refractivity contribution in [2.45, 2.75) is 31.4 Å². The highest BCUT2D eigenvalue weighted by Crippen LogP contribution is 2.52. The summed E-state index contributed by atoms with van der Waals surface area (Å²) < 4.78 is 0. The lowest BCUT2D eigenvalue weighted by Crippen LogP contribution is -2.68. The molecule has 5 atom stereocenters. The second-order valence-electron chi connectivity index (χ2n) is 10.9. The van der Waals surface area contributed by atoms with E-state index in [2.05, 4.69) is 5.32 Å². The van der Waals surface area contributed by atoms with Gasteiger partial charge >= 0.3 is 0 Å². The van der Waals surface area contributed by atoms with E-state index in [-0.39, 0.29) is 42.8 Å². The summed E-state index contributed by atoms with van der Waals surface area (Å²) in [5.74, 6) is -10.5. The molecule has 0 bridgehead atoms. The van der Waals surface area contributed by atoms with Gasteiger partial charge in [0.05, 0.1) is 28.8 Å². The lowest BCUT2D eigenvalue weighted by molar-refractivity contribution is -0.175. The van der Waals surface area contributed by atoms with E-state index in [1.165, 1.54) is 0 Å². The molecule has 1 amide bonds. The number of aliphatic hydroxyl groups is 1. The van der Waals surface area contributed by atoms with Crippen molar-refractivity contribution in [1.82, 2.24) is 0 Å². The topological polar surface area (TPSA) is 191 Å². The maximum Gasteiger partial charge on any atom is 0.235 e. The molecular formula is C29H28N4O7. The lowest BCUT2D eigenvalue weighted by atomic mass is 9.53.